The van der Waals surface area contributed by atoms with Crippen LogP contribution in [0.25, 0.3) is 0 Å². The molecule has 19 heteroatoms. The topological polar surface area (TPSA) is 263 Å². The van der Waals surface area contributed by atoms with Gasteiger partial charge in [0.15, 0.2) is 0 Å². The molecule has 4 amide bonds. The van der Waals surface area contributed by atoms with E-state index in [1.54, 1.807) is 0 Å². The lowest BCUT2D eigenvalue weighted by Gasteiger charge is -2.14. The molecule has 19 nitrogen and oxygen atoms in total. The first-order valence-corrected chi connectivity index (χ1v) is 22.5. The summed E-state index contributed by atoms with van der Waals surface area (Å²) >= 11 is 0. The number of carboxylic acid groups (broad SMARTS) is 2. The van der Waals surface area contributed by atoms with Gasteiger partial charge in [0, 0.05) is 45.3 Å². The summed E-state index contributed by atoms with van der Waals surface area (Å²) in [6.07, 6.45) is 15.8. The molecule has 0 aliphatic heterocycles. The third-order valence-electron chi connectivity index (χ3n) is 9.22. The van der Waals surface area contributed by atoms with E-state index in [1.165, 1.54) is 51.9 Å². The van der Waals surface area contributed by atoms with Crippen LogP contribution in [0.1, 0.15) is 129 Å². The molecule has 0 aromatic heterocycles. The van der Waals surface area contributed by atoms with Gasteiger partial charge in [-0.3, -0.25) is 28.8 Å². The Morgan fingerprint density at radius 2 is 0.774 bits per heavy atom. The maximum absolute atomic E-state index is 12.3. The van der Waals surface area contributed by atoms with Gasteiger partial charge in [-0.1, -0.05) is 77.0 Å². The summed E-state index contributed by atoms with van der Waals surface area (Å²) in [5.74, 6) is -3.12. The van der Waals surface area contributed by atoms with Crippen LogP contribution in [-0.2, 0) is 62.0 Å². The molecular formula is C43H78N4O15. The molecule has 0 aromatic carbocycles. The van der Waals surface area contributed by atoms with E-state index < -0.39 is 18.0 Å². The van der Waals surface area contributed by atoms with Gasteiger partial charge >= 0.3 is 11.9 Å². The predicted octanol–water partition coefficient (Wildman–Crippen LogP) is 3.09. The minimum atomic E-state index is -1.19. The van der Waals surface area contributed by atoms with Crippen molar-refractivity contribution in [3.63, 3.8) is 0 Å². The van der Waals surface area contributed by atoms with Crippen LogP contribution in [0.3, 0.4) is 0 Å². The molecule has 0 spiro atoms. The standard InChI is InChI=1S/C43H78N4O15/c1-36(48)20-24-57-28-29-58-26-22-45-40(51)34-62-33-31-60-27-23-46-41(52)35-61-32-30-59-25-21-44-38(49)19-18-37(43(55)56)47-39(50)16-14-12-10-8-6-4-2-3-5-7-9-11-13-15-17-42(53)54/h37H,2-35H2,1H3,(H,44,49)(H,45,51)(H,46,52)(H,47,50)(H,53,54)(H,55,56)/t37-/m0/s1. The fourth-order valence-electron chi connectivity index (χ4n) is 5.77. The third kappa shape index (κ3) is 44.3. The Morgan fingerprint density at radius 1 is 0.403 bits per heavy atom. The molecule has 360 valence electrons. The molecule has 6 N–H and O–H groups in total. The summed E-state index contributed by atoms with van der Waals surface area (Å²) in [7, 11) is 0. The Labute approximate surface area is 368 Å². The van der Waals surface area contributed by atoms with Crippen LogP contribution in [0.15, 0.2) is 0 Å². The monoisotopic (exact) mass is 891 g/mol. The van der Waals surface area contributed by atoms with E-state index in [0.29, 0.717) is 45.8 Å². The average molecular weight is 891 g/mol. The number of aliphatic carboxylic acids is 2. The molecule has 0 bridgehead atoms. The first-order chi connectivity index (χ1) is 30.0. The number of Topliss-reactive ketones (excluding diaryl/α,β-unsaturated/α-hetero) is 1. The first-order valence-electron chi connectivity index (χ1n) is 22.5. The zero-order valence-corrected chi connectivity index (χ0v) is 37.3. The van der Waals surface area contributed by atoms with E-state index in [2.05, 4.69) is 21.3 Å². The van der Waals surface area contributed by atoms with E-state index in [0.717, 1.165) is 38.5 Å². The van der Waals surface area contributed by atoms with Crippen molar-refractivity contribution in [2.75, 3.05) is 98.9 Å². The minimum absolute atomic E-state index is 0.0286. The number of ketones is 1. The number of ether oxygens (including phenoxy) is 6. The molecule has 1 atom stereocenters. The number of hydrogen-bond acceptors (Lipinski definition) is 13. The Hall–Kier alpha value is -3.75. The third-order valence-corrected chi connectivity index (χ3v) is 9.22. The second kappa shape index (κ2) is 43.9. The highest BCUT2D eigenvalue weighted by Crippen LogP contribution is 2.14. The summed E-state index contributed by atoms with van der Waals surface area (Å²) in [5.41, 5.74) is 0. The fraction of sp³-hybridized carbons (Fsp3) is 0.837. The molecule has 0 radical (unpaired) electrons. The fourth-order valence-corrected chi connectivity index (χ4v) is 5.77. The Bertz CT molecular complexity index is 1190. The molecule has 0 saturated heterocycles. The summed E-state index contributed by atoms with van der Waals surface area (Å²) in [6.45, 7) is 4.76. The minimum Gasteiger partial charge on any atom is -0.481 e. The maximum atomic E-state index is 12.3. The zero-order chi connectivity index (χ0) is 45.7. The van der Waals surface area contributed by atoms with Crippen LogP contribution in [0.2, 0.25) is 0 Å². The van der Waals surface area contributed by atoms with Crippen molar-refractivity contribution in [1.29, 1.82) is 0 Å². The van der Waals surface area contributed by atoms with Gasteiger partial charge in [-0.25, -0.2) is 4.79 Å². The van der Waals surface area contributed by atoms with Gasteiger partial charge in [0.2, 0.25) is 23.6 Å². The Morgan fingerprint density at radius 3 is 1.18 bits per heavy atom. The van der Waals surface area contributed by atoms with E-state index in [1.807, 2.05) is 0 Å². The molecule has 0 rings (SSSR count). The van der Waals surface area contributed by atoms with Crippen LogP contribution in [0.5, 0.6) is 0 Å². The molecule has 0 fully saturated rings. The van der Waals surface area contributed by atoms with Crippen LogP contribution in [0, 0.1) is 0 Å². The lowest BCUT2D eigenvalue weighted by atomic mass is 10.0. The van der Waals surface area contributed by atoms with Gasteiger partial charge in [-0.05, 0) is 26.2 Å². The summed E-state index contributed by atoms with van der Waals surface area (Å²) in [4.78, 5) is 81.2. The first kappa shape index (κ1) is 58.2. The smallest absolute Gasteiger partial charge is 0.326 e. The Kier molecular flexibility index (Phi) is 41.2. The van der Waals surface area contributed by atoms with E-state index in [4.69, 9.17) is 33.5 Å². The van der Waals surface area contributed by atoms with Gasteiger partial charge in [-0.15, -0.1) is 0 Å². The highest BCUT2D eigenvalue weighted by Gasteiger charge is 2.20. The van der Waals surface area contributed by atoms with Crippen molar-refractivity contribution >= 4 is 41.4 Å². The molecule has 0 saturated carbocycles. The molecular weight excluding hydrogens is 812 g/mol. The number of nitrogens with one attached hydrogen (secondary N) is 4. The molecule has 0 aliphatic carbocycles. The number of carboxylic acids is 2. The van der Waals surface area contributed by atoms with E-state index in [-0.39, 0.29) is 121 Å². The Balaban J connectivity index is 3.62. The molecule has 0 aromatic rings. The van der Waals surface area contributed by atoms with Crippen molar-refractivity contribution < 1.29 is 72.2 Å². The lowest BCUT2D eigenvalue weighted by Crippen LogP contribution is -2.41. The number of unbranched alkanes of at least 4 members (excludes halogenated alkanes) is 13. The van der Waals surface area contributed by atoms with Crippen LogP contribution in [-0.4, -0.2) is 157 Å². The number of rotatable bonds is 47. The van der Waals surface area contributed by atoms with Crippen LogP contribution < -0.4 is 21.3 Å². The zero-order valence-electron chi connectivity index (χ0n) is 37.3. The molecule has 62 heavy (non-hydrogen) atoms. The predicted molar refractivity (Wildman–Crippen MR) is 230 cm³/mol. The molecule has 0 heterocycles. The lowest BCUT2D eigenvalue weighted by molar-refractivity contribution is -0.142. The van der Waals surface area contributed by atoms with E-state index in [9.17, 15) is 38.7 Å². The second-order valence-electron chi connectivity index (χ2n) is 14.9. The van der Waals surface area contributed by atoms with Crippen molar-refractivity contribution in [2.24, 2.45) is 0 Å². The number of carbonyl (C=O) groups excluding carboxylic acids is 5. The largest absolute Gasteiger partial charge is 0.481 e. The van der Waals surface area contributed by atoms with Crippen molar-refractivity contribution in [3.05, 3.63) is 0 Å². The normalized spacial score (nSPS) is 11.5. The number of amides is 4. The quantitative estimate of drug-likeness (QED) is 0.0480. The molecule has 0 unspecified atom stereocenters. The summed E-state index contributed by atoms with van der Waals surface area (Å²) in [6, 6.07) is -1.14. The summed E-state index contributed by atoms with van der Waals surface area (Å²) < 4.78 is 31.8. The number of carbonyl (C=O) groups is 7. The summed E-state index contributed by atoms with van der Waals surface area (Å²) in [5, 5.41) is 28.7. The van der Waals surface area contributed by atoms with Crippen LogP contribution >= 0.6 is 0 Å². The van der Waals surface area contributed by atoms with Gasteiger partial charge in [-0.2, -0.15) is 0 Å². The van der Waals surface area contributed by atoms with Gasteiger partial charge < -0.3 is 59.9 Å². The van der Waals surface area contributed by atoms with Gasteiger partial charge in [0.1, 0.15) is 25.0 Å². The van der Waals surface area contributed by atoms with Crippen molar-refractivity contribution in [2.45, 2.75) is 135 Å². The van der Waals surface area contributed by atoms with Gasteiger partial charge in [0.25, 0.3) is 0 Å². The highest BCUT2D eigenvalue weighted by molar-refractivity contribution is 5.84. The van der Waals surface area contributed by atoms with Crippen molar-refractivity contribution in [1.82, 2.24) is 21.3 Å². The maximum Gasteiger partial charge on any atom is 0.326 e. The number of hydrogen-bond donors (Lipinski definition) is 6. The SMILES string of the molecule is CC(=O)CCOCCOCCNC(=O)COCCOCCNC(=O)COCCOCCNC(=O)CC[C@H](NC(=O)CCCCCCCCCCCCCCCCC(=O)O)C(=O)O. The molecule has 0 aliphatic rings. The van der Waals surface area contributed by atoms with Crippen molar-refractivity contribution in [3.8, 4) is 0 Å². The highest BCUT2D eigenvalue weighted by atomic mass is 16.5. The average Bonchev–Trinajstić information content (AvgIpc) is 3.23. The van der Waals surface area contributed by atoms with Gasteiger partial charge in [0.05, 0.1) is 66.1 Å². The van der Waals surface area contributed by atoms with E-state index >= 15 is 0 Å². The second-order valence-corrected chi connectivity index (χ2v) is 14.9. The van der Waals surface area contributed by atoms with Crippen LogP contribution in [0.4, 0.5) is 0 Å².